The lowest BCUT2D eigenvalue weighted by Gasteiger charge is -2.44. The molecule has 8 heteroatoms. The third-order valence-corrected chi connectivity index (χ3v) is 6.76. The molecular formula is C19H25N3O4S. The smallest absolute Gasteiger partial charge is 0.270 e. The number of non-ortho nitro benzene ring substituents is 1. The number of carbonyl (C=O) groups excluding carboxylic acids is 2. The summed E-state index contributed by atoms with van der Waals surface area (Å²) in [6.45, 7) is 6.01. The molecule has 27 heavy (non-hydrogen) atoms. The van der Waals surface area contributed by atoms with E-state index in [9.17, 15) is 19.7 Å². The molecule has 0 saturated carbocycles. The molecule has 2 aliphatic heterocycles. The number of hydrogen-bond donors (Lipinski definition) is 0. The van der Waals surface area contributed by atoms with Crippen molar-refractivity contribution in [2.45, 2.75) is 38.0 Å². The van der Waals surface area contributed by atoms with Gasteiger partial charge in [-0.15, -0.1) is 11.8 Å². The molecule has 7 nitrogen and oxygen atoms in total. The van der Waals surface area contributed by atoms with Crippen molar-refractivity contribution in [3.63, 3.8) is 0 Å². The van der Waals surface area contributed by atoms with E-state index in [-0.39, 0.29) is 22.4 Å². The molecule has 0 N–H and O–H groups in total. The molecule has 0 aliphatic carbocycles. The van der Waals surface area contributed by atoms with Gasteiger partial charge in [0.05, 0.1) is 9.79 Å². The number of piperidine rings is 1. The van der Waals surface area contributed by atoms with E-state index in [4.69, 9.17) is 0 Å². The number of nitro benzene ring substituents is 1. The van der Waals surface area contributed by atoms with Crippen molar-refractivity contribution in [3.8, 4) is 0 Å². The maximum Gasteiger partial charge on any atom is 0.270 e. The van der Waals surface area contributed by atoms with Crippen LogP contribution in [-0.2, 0) is 4.79 Å². The van der Waals surface area contributed by atoms with Crippen LogP contribution in [0.4, 0.5) is 5.69 Å². The van der Waals surface area contributed by atoms with Crippen LogP contribution in [-0.4, -0.2) is 56.8 Å². The van der Waals surface area contributed by atoms with E-state index in [1.807, 2.05) is 23.6 Å². The molecule has 1 aromatic rings. The van der Waals surface area contributed by atoms with Crippen LogP contribution in [0.5, 0.6) is 0 Å². The van der Waals surface area contributed by atoms with Gasteiger partial charge >= 0.3 is 0 Å². The minimum atomic E-state index is -0.482. The van der Waals surface area contributed by atoms with E-state index in [2.05, 4.69) is 0 Å². The van der Waals surface area contributed by atoms with Crippen LogP contribution in [0.2, 0.25) is 0 Å². The highest BCUT2D eigenvalue weighted by atomic mass is 32.2. The molecule has 0 radical (unpaired) electrons. The van der Waals surface area contributed by atoms with Gasteiger partial charge in [-0.05, 0) is 24.8 Å². The van der Waals surface area contributed by atoms with E-state index >= 15 is 0 Å². The van der Waals surface area contributed by atoms with Gasteiger partial charge in [0.25, 0.3) is 11.6 Å². The van der Waals surface area contributed by atoms with Crippen LogP contribution in [0, 0.1) is 16.0 Å². The van der Waals surface area contributed by atoms with Gasteiger partial charge in [-0.3, -0.25) is 19.7 Å². The fourth-order valence-corrected chi connectivity index (χ4v) is 5.26. The van der Waals surface area contributed by atoms with Gasteiger partial charge in [0.15, 0.2) is 0 Å². The van der Waals surface area contributed by atoms with Crippen molar-refractivity contribution in [2.75, 3.05) is 25.4 Å². The number of likely N-dealkylation sites (tertiary alicyclic amines) is 1. The van der Waals surface area contributed by atoms with Crippen molar-refractivity contribution in [1.82, 2.24) is 9.80 Å². The van der Waals surface area contributed by atoms with E-state index < -0.39 is 4.92 Å². The predicted octanol–water partition coefficient (Wildman–Crippen LogP) is 3.15. The minimum Gasteiger partial charge on any atom is -0.342 e. The molecule has 2 heterocycles. The number of thioether (sulfide) groups is 1. The average Bonchev–Trinajstić information content (AvgIpc) is 3.04. The molecule has 2 amide bonds. The number of amides is 2. The topological polar surface area (TPSA) is 83.8 Å². The summed E-state index contributed by atoms with van der Waals surface area (Å²) in [6.07, 6.45) is 2.03. The molecule has 2 aliphatic rings. The van der Waals surface area contributed by atoms with E-state index in [1.165, 1.54) is 12.1 Å². The SMILES string of the molecule is CC(C)CC(=O)N1CCC2(CC1)SCCN2C(=O)c1cccc([N+](=O)[O-])c1. The Balaban J connectivity index is 1.72. The maximum absolute atomic E-state index is 13.1. The Hall–Kier alpha value is -2.09. The second-order valence-electron chi connectivity index (χ2n) is 7.54. The average molecular weight is 391 g/mol. The molecule has 1 aromatic carbocycles. The van der Waals surface area contributed by atoms with E-state index in [1.54, 1.807) is 23.9 Å². The van der Waals surface area contributed by atoms with Crippen molar-refractivity contribution in [3.05, 3.63) is 39.9 Å². The first-order valence-corrected chi connectivity index (χ1v) is 10.3. The molecule has 0 atom stereocenters. The summed E-state index contributed by atoms with van der Waals surface area (Å²) >= 11 is 1.77. The molecule has 0 bridgehead atoms. The first-order chi connectivity index (χ1) is 12.8. The fraction of sp³-hybridized carbons (Fsp3) is 0.579. The Kier molecular flexibility index (Phi) is 5.74. The summed E-state index contributed by atoms with van der Waals surface area (Å²) < 4.78 is 0. The maximum atomic E-state index is 13.1. The van der Waals surface area contributed by atoms with Crippen LogP contribution < -0.4 is 0 Å². The molecule has 0 aromatic heterocycles. The number of hydrogen-bond acceptors (Lipinski definition) is 5. The van der Waals surface area contributed by atoms with Gasteiger partial charge in [-0.25, -0.2) is 0 Å². The molecular weight excluding hydrogens is 366 g/mol. The summed E-state index contributed by atoms with van der Waals surface area (Å²) in [6, 6.07) is 5.92. The lowest BCUT2D eigenvalue weighted by molar-refractivity contribution is -0.384. The third-order valence-electron chi connectivity index (χ3n) is 5.21. The Morgan fingerprint density at radius 2 is 1.96 bits per heavy atom. The molecule has 146 valence electrons. The fourth-order valence-electron chi connectivity index (χ4n) is 3.80. The largest absolute Gasteiger partial charge is 0.342 e. The standard InChI is InChI=1S/C19H25N3O4S/c1-14(2)12-17(23)20-8-6-19(7-9-20)21(10-11-27-19)18(24)15-4-3-5-16(13-15)22(25)26/h3-5,13-14H,6-12H2,1-2H3. The van der Waals surface area contributed by atoms with Crippen LogP contribution in [0.3, 0.4) is 0 Å². The number of nitro groups is 1. The number of nitrogens with zero attached hydrogens (tertiary/aromatic N) is 3. The third kappa shape index (κ3) is 4.10. The van der Waals surface area contributed by atoms with Crippen LogP contribution in [0.15, 0.2) is 24.3 Å². The molecule has 3 rings (SSSR count). The van der Waals surface area contributed by atoms with Crippen LogP contribution in [0.1, 0.15) is 43.5 Å². The van der Waals surface area contributed by atoms with Gasteiger partial charge in [-0.2, -0.15) is 0 Å². The number of carbonyl (C=O) groups is 2. The first-order valence-electron chi connectivity index (χ1n) is 9.30. The summed E-state index contributed by atoms with van der Waals surface area (Å²) in [4.78, 5) is 39.4. The second-order valence-corrected chi connectivity index (χ2v) is 8.99. The van der Waals surface area contributed by atoms with Crippen molar-refractivity contribution < 1.29 is 14.5 Å². The lowest BCUT2D eigenvalue weighted by atomic mass is 9.99. The zero-order chi connectivity index (χ0) is 19.6. The van der Waals surface area contributed by atoms with Gasteiger partial charge in [0.2, 0.25) is 5.91 Å². The van der Waals surface area contributed by atoms with E-state index in [0.29, 0.717) is 37.5 Å². The molecule has 0 unspecified atom stereocenters. The van der Waals surface area contributed by atoms with Crippen LogP contribution in [0.25, 0.3) is 0 Å². The van der Waals surface area contributed by atoms with Crippen molar-refractivity contribution in [2.24, 2.45) is 5.92 Å². The zero-order valence-corrected chi connectivity index (χ0v) is 16.5. The predicted molar refractivity (Wildman–Crippen MR) is 105 cm³/mol. The summed E-state index contributed by atoms with van der Waals surface area (Å²) in [7, 11) is 0. The highest BCUT2D eigenvalue weighted by molar-refractivity contribution is 8.00. The Morgan fingerprint density at radius 1 is 1.26 bits per heavy atom. The normalized spacial score (nSPS) is 18.9. The second kappa shape index (κ2) is 7.88. The Labute approximate surface area is 163 Å². The summed E-state index contributed by atoms with van der Waals surface area (Å²) in [5.74, 6) is 1.20. The lowest BCUT2D eigenvalue weighted by Crippen LogP contribution is -2.53. The van der Waals surface area contributed by atoms with Gasteiger partial charge < -0.3 is 9.80 Å². The quantitative estimate of drug-likeness (QED) is 0.581. The first kappa shape index (κ1) is 19.7. The number of rotatable bonds is 4. The molecule has 2 saturated heterocycles. The van der Waals surface area contributed by atoms with Crippen molar-refractivity contribution >= 4 is 29.3 Å². The van der Waals surface area contributed by atoms with E-state index in [0.717, 1.165) is 18.6 Å². The highest BCUT2D eigenvalue weighted by Gasteiger charge is 2.47. The summed E-state index contributed by atoms with van der Waals surface area (Å²) in [5.41, 5.74) is 0.278. The Bertz CT molecular complexity index is 744. The molecule has 2 fully saturated rings. The minimum absolute atomic E-state index is 0.0733. The van der Waals surface area contributed by atoms with Crippen LogP contribution >= 0.6 is 11.8 Å². The Morgan fingerprint density at radius 3 is 2.59 bits per heavy atom. The van der Waals surface area contributed by atoms with Gasteiger partial charge in [-0.1, -0.05) is 19.9 Å². The van der Waals surface area contributed by atoms with Crippen molar-refractivity contribution in [1.29, 1.82) is 0 Å². The summed E-state index contributed by atoms with van der Waals surface area (Å²) in [5, 5.41) is 11.0. The molecule has 1 spiro atoms. The highest BCUT2D eigenvalue weighted by Crippen LogP contribution is 2.44. The number of benzene rings is 1. The monoisotopic (exact) mass is 391 g/mol. The van der Waals surface area contributed by atoms with Gasteiger partial charge in [0.1, 0.15) is 0 Å². The zero-order valence-electron chi connectivity index (χ0n) is 15.7. The van der Waals surface area contributed by atoms with Gasteiger partial charge in [0, 0.05) is 49.5 Å².